The van der Waals surface area contributed by atoms with E-state index in [1.54, 1.807) is 13.0 Å². The fourth-order valence-electron chi connectivity index (χ4n) is 2.98. The van der Waals surface area contributed by atoms with Gasteiger partial charge in [-0.15, -0.1) is 0 Å². The van der Waals surface area contributed by atoms with Crippen LogP contribution in [0.15, 0.2) is 53.4 Å². The topological polar surface area (TPSA) is 107 Å². The van der Waals surface area contributed by atoms with E-state index in [-0.39, 0.29) is 16.4 Å². The van der Waals surface area contributed by atoms with E-state index in [4.69, 9.17) is 0 Å². The van der Waals surface area contributed by atoms with Crippen LogP contribution in [0.3, 0.4) is 0 Å². The molecule has 1 heterocycles. The molecule has 0 saturated heterocycles. The van der Waals surface area contributed by atoms with E-state index in [0.29, 0.717) is 22.5 Å². The lowest BCUT2D eigenvalue weighted by atomic mass is 10.1. The highest BCUT2D eigenvalue weighted by Gasteiger charge is 2.24. The van der Waals surface area contributed by atoms with Crippen LogP contribution in [-0.2, 0) is 10.0 Å². The van der Waals surface area contributed by atoms with Crippen LogP contribution in [0.1, 0.15) is 16.8 Å². The van der Waals surface area contributed by atoms with Gasteiger partial charge in [0.25, 0.3) is 15.7 Å². The van der Waals surface area contributed by atoms with Crippen LogP contribution < -0.4 is 4.72 Å². The molecule has 0 unspecified atom stereocenters. The number of para-hydroxylation sites is 1. The second-order valence-electron chi connectivity index (χ2n) is 6.19. The summed E-state index contributed by atoms with van der Waals surface area (Å²) in [5, 5.41) is 15.3. The summed E-state index contributed by atoms with van der Waals surface area (Å²) in [5.74, 6) is 0.288. The molecule has 0 aliphatic rings. The van der Waals surface area contributed by atoms with Gasteiger partial charge in [-0.05, 0) is 44.0 Å². The number of aryl methyl sites for hydroxylation is 3. The van der Waals surface area contributed by atoms with Crippen molar-refractivity contribution in [2.45, 2.75) is 25.7 Å². The van der Waals surface area contributed by atoms with Crippen molar-refractivity contribution in [2.75, 3.05) is 4.72 Å². The van der Waals surface area contributed by atoms with Gasteiger partial charge in [-0.1, -0.05) is 18.2 Å². The Labute approximate surface area is 156 Å². The zero-order valence-electron chi connectivity index (χ0n) is 15.0. The van der Waals surface area contributed by atoms with Crippen LogP contribution in [0.4, 0.5) is 11.5 Å². The fraction of sp³-hybridized carbons (Fsp3) is 0.167. The van der Waals surface area contributed by atoms with Crippen molar-refractivity contribution in [2.24, 2.45) is 0 Å². The van der Waals surface area contributed by atoms with E-state index in [1.807, 2.05) is 30.3 Å². The van der Waals surface area contributed by atoms with Gasteiger partial charge in [0.15, 0.2) is 0 Å². The fourth-order valence-corrected chi connectivity index (χ4v) is 4.47. The number of sulfonamides is 1. The Kier molecular flexibility index (Phi) is 4.71. The SMILES string of the molecule is Cc1cc(NS(=O)(=O)c2c(C)cc([N+](=O)[O-])cc2C)n(-c2ccccc2)n1. The van der Waals surface area contributed by atoms with Crippen molar-refractivity contribution in [1.82, 2.24) is 9.78 Å². The number of benzene rings is 2. The summed E-state index contributed by atoms with van der Waals surface area (Å²) in [6.45, 7) is 4.84. The summed E-state index contributed by atoms with van der Waals surface area (Å²) in [6.07, 6.45) is 0. The summed E-state index contributed by atoms with van der Waals surface area (Å²) in [5.41, 5.74) is 1.82. The molecule has 2 aromatic carbocycles. The Morgan fingerprint density at radius 1 is 1.04 bits per heavy atom. The molecule has 0 aliphatic heterocycles. The minimum Gasteiger partial charge on any atom is -0.263 e. The smallest absolute Gasteiger partial charge is 0.263 e. The van der Waals surface area contributed by atoms with Gasteiger partial charge in [0.05, 0.1) is 21.2 Å². The normalized spacial score (nSPS) is 11.4. The Hall–Kier alpha value is -3.20. The highest BCUT2D eigenvalue weighted by Crippen LogP contribution is 2.28. The molecule has 0 aliphatic carbocycles. The lowest BCUT2D eigenvalue weighted by molar-refractivity contribution is -0.385. The van der Waals surface area contributed by atoms with Gasteiger partial charge >= 0.3 is 0 Å². The van der Waals surface area contributed by atoms with Crippen LogP contribution in [-0.4, -0.2) is 23.1 Å². The first-order valence-corrected chi connectivity index (χ1v) is 9.58. The van der Waals surface area contributed by atoms with Crippen molar-refractivity contribution in [3.8, 4) is 5.69 Å². The number of nitro groups is 1. The molecule has 0 radical (unpaired) electrons. The maximum atomic E-state index is 13.0. The van der Waals surface area contributed by atoms with E-state index in [2.05, 4.69) is 9.82 Å². The number of nitro benzene ring substituents is 1. The van der Waals surface area contributed by atoms with E-state index in [0.717, 1.165) is 0 Å². The van der Waals surface area contributed by atoms with E-state index in [9.17, 15) is 18.5 Å². The Bertz CT molecular complexity index is 1100. The molecule has 27 heavy (non-hydrogen) atoms. The van der Waals surface area contributed by atoms with E-state index < -0.39 is 14.9 Å². The highest BCUT2D eigenvalue weighted by atomic mass is 32.2. The zero-order valence-corrected chi connectivity index (χ0v) is 15.8. The molecule has 1 N–H and O–H groups in total. The molecule has 8 nitrogen and oxygen atoms in total. The second-order valence-corrected chi connectivity index (χ2v) is 7.81. The summed E-state index contributed by atoms with van der Waals surface area (Å²) in [6, 6.07) is 13.3. The molecule has 9 heteroatoms. The van der Waals surface area contributed by atoms with Gasteiger partial charge in [0.1, 0.15) is 5.82 Å². The number of hydrogen-bond acceptors (Lipinski definition) is 5. The minimum atomic E-state index is -3.97. The molecule has 3 rings (SSSR count). The first kappa shape index (κ1) is 18.6. The van der Waals surface area contributed by atoms with Crippen molar-refractivity contribution in [3.63, 3.8) is 0 Å². The Morgan fingerprint density at radius 2 is 1.63 bits per heavy atom. The third kappa shape index (κ3) is 3.68. The van der Waals surface area contributed by atoms with Crippen molar-refractivity contribution >= 4 is 21.5 Å². The molecule has 0 atom stereocenters. The molecule has 0 spiro atoms. The highest BCUT2D eigenvalue weighted by molar-refractivity contribution is 7.92. The van der Waals surface area contributed by atoms with Crippen LogP contribution in [0.5, 0.6) is 0 Å². The summed E-state index contributed by atoms with van der Waals surface area (Å²) >= 11 is 0. The Morgan fingerprint density at radius 3 is 2.19 bits per heavy atom. The predicted octanol–water partition coefficient (Wildman–Crippen LogP) is 3.51. The van der Waals surface area contributed by atoms with Crippen molar-refractivity contribution < 1.29 is 13.3 Å². The average molecular weight is 386 g/mol. The average Bonchev–Trinajstić information content (AvgIpc) is 2.94. The van der Waals surface area contributed by atoms with Gasteiger partial charge < -0.3 is 0 Å². The molecular formula is C18H18N4O4S. The maximum absolute atomic E-state index is 13.0. The van der Waals surface area contributed by atoms with Crippen molar-refractivity contribution in [3.05, 3.63) is 75.5 Å². The molecule has 1 aromatic heterocycles. The van der Waals surface area contributed by atoms with Gasteiger partial charge in [0.2, 0.25) is 0 Å². The number of rotatable bonds is 5. The van der Waals surface area contributed by atoms with Crippen LogP contribution >= 0.6 is 0 Å². The number of hydrogen-bond donors (Lipinski definition) is 1. The number of anilines is 1. The molecule has 140 valence electrons. The summed E-state index contributed by atoms with van der Waals surface area (Å²) in [7, 11) is -3.97. The standard InChI is InChI=1S/C18H18N4O4S/c1-12-9-16(22(23)24)10-13(2)18(12)27(25,26)20-17-11-14(3)19-21(17)15-7-5-4-6-8-15/h4-11,20H,1-3H3. The quantitative estimate of drug-likeness (QED) is 0.533. The van der Waals surface area contributed by atoms with E-state index >= 15 is 0 Å². The van der Waals surface area contributed by atoms with Gasteiger partial charge in [-0.2, -0.15) is 5.10 Å². The van der Waals surface area contributed by atoms with Crippen molar-refractivity contribution in [1.29, 1.82) is 0 Å². The number of nitrogens with zero attached hydrogens (tertiary/aromatic N) is 3. The number of nitrogens with one attached hydrogen (secondary N) is 1. The van der Waals surface area contributed by atoms with Crippen LogP contribution in [0.25, 0.3) is 5.69 Å². The molecule has 0 bridgehead atoms. The second kappa shape index (κ2) is 6.84. The van der Waals surface area contributed by atoms with Gasteiger partial charge in [0, 0.05) is 18.2 Å². The van der Waals surface area contributed by atoms with Crippen LogP contribution in [0, 0.1) is 30.9 Å². The number of non-ortho nitro benzene ring substituents is 1. The first-order valence-electron chi connectivity index (χ1n) is 8.09. The third-order valence-electron chi connectivity index (χ3n) is 4.00. The molecule has 0 saturated carbocycles. The number of aromatic nitrogens is 2. The monoisotopic (exact) mass is 386 g/mol. The summed E-state index contributed by atoms with van der Waals surface area (Å²) < 4.78 is 30.0. The Balaban J connectivity index is 2.06. The lowest BCUT2D eigenvalue weighted by Crippen LogP contribution is -2.18. The predicted molar refractivity (Wildman–Crippen MR) is 102 cm³/mol. The molecule has 0 amide bonds. The zero-order chi connectivity index (χ0) is 19.8. The molecule has 3 aromatic rings. The van der Waals surface area contributed by atoms with Gasteiger partial charge in [-0.25, -0.2) is 13.1 Å². The third-order valence-corrected chi connectivity index (χ3v) is 5.66. The van der Waals surface area contributed by atoms with E-state index in [1.165, 1.54) is 30.7 Å². The summed E-state index contributed by atoms with van der Waals surface area (Å²) in [4.78, 5) is 10.5. The first-order chi connectivity index (χ1) is 12.7. The molecule has 0 fully saturated rings. The van der Waals surface area contributed by atoms with Crippen LogP contribution in [0.2, 0.25) is 0 Å². The maximum Gasteiger partial charge on any atom is 0.270 e. The largest absolute Gasteiger partial charge is 0.270 e. The van der Waals surface area contributed by atoms with Gasteiger partial charge in [-0.3, -0.25) is 14.8 Å². The minimum absolute atomic E-state index is 0.0200. The lowest BCUT2D eigenvalue weighted by Gasteiger charge is -2.14. The molecular weight excluding hydrogens is 368 g/mol.